The number of pyridine rings is 1. The van der Waals surface area contributed by atoms with Gasteiger partial charge >= 0.3 is 0 Å². The number of aromatic nitrogens is 1. The minimum atomic E-state index is -0.162. The normalized spacial score (nSPS) is 15.5. The van der Waals surface area contributed by atoms with Crippen LogP contribution in [-0.4, -0.2) is 37.7 Å². The fraction of sp³-hybridized carbons (Fsp3) is 0.538. The van der Waals surface area contributed by atoms with E-state index in [1.165, 1.54) is 26.4 Å². The smallest absolute Gasteiger partial charge is 0.250 e. The Hall–Kier alpha value is -1.62. The lowest BCUT2D eigenvalue weighted by Gasteiger charge is -2.27. The van der Waals surface area contributed by atoms with Gasteiger partial charge < -0.3 is 15.0 Å². The van der Waals surface area contributed by atoms with Gasteiger partial charge in [0.25, 0.3) is 0 Å². The van der Waals surface area contributed by atoms with Gasteiger partial charge in [-0.15, -0.1) is 0 Å². The third-order valence-electron chi connectivity index (χ3n) is 2.99. The average Bonchev–Trinajstić information content (AvgIpc) is 2.41. The van der Waals surface area contributed by atoms with Crippen LogP contribution < -0.4 is 10.2 Å². The van der Waals surface area contributed by atoms with E-state index in [1.54, 1.807) is 6.20 Å². The van der Waals surface area contributed by atoms with Crippen molar-refractivity contribution in [2.75, 3.05) is 37.0 Å². The maximum Gasteiger partial charge on any atom is 0.250 e. The molecule has 1 amide bonds. The maximum absolute atomic E-state index is 11.3. The predicted molar refractivity (Wildman–Crippen MR) is 70.8 cm³/mol. The van der Waals surface area contributed by atoms with Crippen molar-refractivity contribution in [3.05, 3.63) is 18.3 Å². The molecule has 0 unspecified atom stereocenters. The lowest BCUT2D eigenvalue weighted by molar-refractivity contribution is -0.119. The number of nitrogens with zero attached hydrogens (tertiary/aromatic N) is 2. The van der Waals surface area contributed by atoms with Crippen LogP contribution in [0.2, 0.25) is 0 Å². The van der Waals surface area contributed by atoms with Crippen LogP contribution in [-0.2, 0) is 9.53 Å². The quantitative estimate of drug-likeness (QED) is 0.881. The number of nitrogens with one attached hydrogen (secondary N) is 1. The number of methoxy groups -OCH3 is 1. The summed E-state index contributed by atoms with van der Waals surface area (Å²) >= 11 is 0. The summed E-state index contributed by atoms with van der Waals surface area (Å²) in [6.45, 7) is 2.21. The van der Waals surface area contributed by atoms with Gasteiger partial charge in [-0.2, -0.15) is 0 Å². The number of amides is 1. The van der Waals surface area contributed by atoms with E-state index in [0.717, 1.165) is 18.9 Å². The van der Waals surface area contributed by atoms with Crippen molar-refractivity contribution in [3.63, 3.8) is 0 Å². The highest BCUT2D eigenvalue weighted by Crippen LogP contribution is 2.18. The Labute approximate surface area is 107 Å². The summed E-state index contributed by atoms with van der Waals surface area (Å²) in [5.41, 5.74) is 0.706. The SMILES string of the molecule is COCC(=O)Nc1ccc(N2CCCCC2)nc1. The molecule has 0 aromatic carbocycles. The van der Waals surface area contributed by atoms with E-state index in [1.807, 2.05) is 12.1 Å². The molecule has 98 valence electrons. The van der Waals surface area contributed by atoms with E-state index < -0.39 is 0 Å². The number of piperidine rings is 1. The zero-order valence-electron chi connectivity index (χ0n) is 10.7. The first-order valence-electron chi connectivity index (χ1n) is 6.29. The molecule has 0 atom stereocenters. The van der Waals surface area contributed by atoms with Gasteiger partial charge in [0.1, 0.15) is 12.4 Å². The molecular formula is C13H19N3O2. The van der Waals surface area contributed by atoms with Gasteiger partial charge in [-0.05, 0) is 31.4 Å². The molecule has 0 radical (unpaired) electrons. The second kappa shape index (κ2) is 6.35. The highest BCUT2D eigenvalue weighted by molar-refractivity contribution is 5.91. The summed E-state index contributed by atoms with van der Waals surface area (Å²) in [6, 6.07) is 3.83. The number of carbonyl (C=O) groups is 1. The molecule has 5 nitrogen and oxygen atoms in total. The Kier molecular flexibility index (Phi) is 4.52. The molecule has 1 N–H and O–H groups in total. The van der Waals surface area contributed by atoms with E-state index in [0.29, 0.717) is 5.69 Å². The van der Waals surface area contributed by atoms with Crippen molar-refractivity contribution in [3.8, 4) is 0 Å². The molecule has 0 aliphatic carbocycles. The Morgan fingerprint density at radius 2 is 2.17 bits per heavy atom. The van der Waals surface area contributed by atoms with Crippen molar-refractivity contribution in [2.24, 2.45) is 0 Å². The maximum atomic E-state index is 11.3. The second-order valence-corrected chi connectivity index (χ2v) is 4.43. The molecule has 5 heteroatoms. The lowest BCUT2D eigenvalue weighted by atomic mass is 10.1. The van der Waals surface area contributed by atoms with E-state index in [9.17, 15) is 4.79 Å². The first kappa shape index (κ1) is 12.8. The van der Waals surface area contributed by atoms with Crippen LogP contribution in [0.5, 0.6) is 0 Å². The topological polar surface area (TPSA) is 54.5 Å². The van der Waals surface area contributed by atoms with Crippen LogP contribution >= 0.6 is 0 Å². The molecule has 1 aliphatic heterocycles. The standard InChI is InChI=1S/C13H19N3O2/c1-18-10-13(17)15-11-5-6-12(14-9-11)16-7-3-2-4-8-16/h5-6,9H,2-4,7-8,10H2,1H3,(H,15,17). The number of rotatable bonds is 4. The Bertz CT molecular complexity index is 386. The molecule has 2 rings (SSSR count). The molecule has 0 bridgehead atoms. The van der Waals surface area contributed by atoms with Crippen LogP contribution in [0.15, 0.2) is 18.3 Å². The third kappa shape index (κ3) is 3.43. The second-order valence-electron chi connectivity index (χ2n) is 4.43. The van der Waals surface area contributed by atoms with Crippen LogP contribution in [0, 0.1) is 0 Å². The Morgan fingerprint density at radius 1 is 1.39 bits per heavy atom. The van der Waals surface area contributed by atoms with Gasteiger partial charge in [0.2, 0.25) is 5.91 Å². The van der Waals surface area contributed by atoms with Crippen molar-refractivity contribution in [1.29, 1.82) is 0 Å². The van der Waals surface area contributed by atoms with Gasteiger partial charge in [0.15, 0.2) is 0 Å². The zero-order valence-corrected chi connectivity index (χ0v) is 10.7. The molecular weight excluding hydrogens is 230 g/mol. The zero-order chi connectivity index (χ0) is 12.8. The minimum absolute atomic E-state index is 0.0634. The van der Waals surface area contributed by atoms with Crippen molar-refractivity contribution < 1.29 is 9.53 Å². The average molecular weight is 249 g/mol. The van der Waals surface area contributed by atoms with Gasteiger partial charge in [0.05, 0.1) is 11.9 Å². The summed E-state index contributed by atoms with van der Waals surface area (Å²) in [5, 5.41) is 2.73. The van der Waals surface area contributed by atoms with E-state index >= 15 is 0 Å². The van der Waals surface area contributed by atoms with Gasteiger partial charge in [-0.1, -0.05) is 0 Å². The van der Waals surface area contributed by atoms with E-state index in [2.05, 4.69) is 15.2 Å². The number of ether oxygens (including phenoxy) is 1. The van der Waals surface area contributed by atoms with Gasteiger partial charge in [-0.3, -0.25) is 4.79 Å². The van der Waals surface area contributed by atoms with Gasteiger partial charge in [0, 0.05) is 20.2 Å². The highest BCUT2D eigenvalue weighted by Gasteiger charge is 2.11. The molecule has 2 heterocycles. The van der Waals surface area contributed by atoms with Gasteiger partial charge in [-0.25, -0.2) is 4.98 Å². The summed E-state index contributed by atoms with van der Waals surface area (Å²) in [4.78, 5) is 18.0. The fourth-order valence-electron chi connectivity index (χ4n) is 2.10. The molecule has 0 saturated carbocycles. The summed E-state index contributed by atoms with van der Waals surface area (Å²) in [6.07, 6.45) is 5.46. The molecule has 1 aromatic heterocycles. The molecule has 1 aromatic rings. The predicted octanol–water partition coefficient (Wildman–Crippen LogP) is 1.66. The lowest BCUT2D eigenvalue weighted by Crippen LogP contribution is -2.30. The van der Waals surface area contributed by atoms with Crippen molar-refractivity contribution in [2.45, 2.75) is 19.3 Å². The minimum Gasteiger partial charge on any atom is -0.375 e. The summed E-state index contributed by atoms with van der Waals surface area (Å²) < 4.78 is 4.75. The summed E-state index contributed by atoms with van der Waals surface area (Å²) in [5.74, 6) is 0.824. The monoisotopic (exact) mass is 249 g/mol. The molecule has 1 fully saturated rings. The van der Waals surface area contributed by atoms with Crippen LogP contribution in [0.1, 0.15) is 19.3 Å². The molecule has 1 aliphatic rings. The first-order valence-corrected chi connectivity index (χ1v) is 6.29. The van der Waals surface area contributed by atoms with Crippen LogP contribution in [0.3, 0.4) is 0 Å². The Balaban J connectivity index is 1.94. The third-order valence-corrected chi connectivity index (χ3v) is 2.99. The number of hydrogen-bond acceptors (Lipinski definition) is 4. The number of anilines is 2. The Morgan fingerprint density at radius 3 is 2.78 bits per heavy atom. The van der Waals surface area contributed by atoms with E-state index in [4.69, 9.17) is 4.74 Å². The van der Waals surface area contributed by atoms with Crippen molar-refractivity contribution >= 4 is 17.4 Å². The van der Waals surface area contributed by atoms with Crippen molar-refractivity contribution in [1.82, 2.24) is 4.98 Å². The highest BCUT2D eigenvalue weighted by atomic mass is 16.5. The van der Waals surface area contributed by atoms with Crippen LogP contribution in [0.25, 0.3) is 0 Å². The molecule has 18 heavy (non-hydrogen) atoms. The van der Waals surface area contributed by atoms with E-state index in [-0.39, 0.29) is 12.5 Å². The summed E-state index contributed by atoms with van der Waals surface area (Å²) in [7, 11) is 1.50. The fourth-order valence-corrected chi connectivity index (χ4v) is 2.10. The molecule has 0 spiro atoms. The number of hydrogen-bond donors (Lipinski definition) is 1. The molecule has 1 saturated heterocycles. The van der Waals surface area contributed by atoms with Crippen LogP contribution in [0.4, 0.5) is 11.5 Å². The number of carbonyl (C=O) groups excluding carboxylic acids is 1. The largest absolute Gasteiger partial charge is 0.375 e. The first-order chi connectivity index (χ1) is 8.79.